The SMILES string of the molecule is Nc1ncnc(Nc2ccc3c(ccn3Cc3cccc(F)c3)c2)c1C=O. The first kappa shape index (κ1) is 16.7. The summed E-state index contributed by atoms with van der Waals surface area (Å²) in [7, 11) is 0. The Morgan fingerprint density at radius 2 is 2.04 bits per heavy atom. The molecule has 0 amide bonds. The maximum atomic E-state index is 13.4. The van der Waals surface area contributed by atoms with Crippen LogP contribution < -0.4 is 11.1 Å². The summed E-state index contributed by atoms with van der Waals surface area (Å²) in [6.45, 7) is 0.575. The minimum absolute atomic E-state index is 0.129. The smallest absolute Gasteiger partial charge is 0.157 e. The highest BCUT2D eigenvalue weighted by atomic mass is 19.1. The zero-order valence-corrected chi connectivity index (χ0v) is 14.3. The Balaban J connectivity index is 1.63. The van der Waals surface area contributed by atoms with E-state index < -0.39 is 0 Å². The molecule has 0 saturated carbocycles. The van der Waals surface area contributed by atoms with Crippen molar-refractivity contribution in [1.82, 2.24) is 14.5 Å². The fraction of sp³-hybridized carbons (Fsp3) is 0.0500. The second kappa shape index (κ2) is 6.87. The van der Waals surface area contributed by atoms with Crippen LogP contribution in [0.1, 0.15) is 15.9 Å². The van der Waals surface area contributed by atoms with Crippen LogP contribution in [0.3, 0.4) is 0 Å². The molecule has 0 aliphatic heterocycles. The maximum Gasteiger partial charge on any atom is 0.157 e. The summed E-state index contributed by atoms with van der Waals surface area (Å²) in [6.07, 6.45) is 3.89. The van der Waals surface area contributed by atoms with Gasteiger partial charge in [0.25, 0.3) is 0 Å². The third kappa shape index (κ3) is 3.35. The lowest BCUT2D eigenvalue weighted by Crippen LogP contribution is -2.04. The van der Waals surface area contributed by atoms with Gasteiger partial charge in [0.15, 0.2) is 6.29 Å². The number of benzene rings is 2. The first-order valence-electron chi connectivity index (χ1n) is 8.30. The lowest BCUT2D eigenvalue weighted by atomic mass is 10.2. The van der Waals surface area contributed by atoms with Gasteiger partial charge in [0.05, 0.1) is 5.56 Å². The predicted octanol–water partition coefficient (Wildman–Crippen LogP) is 3.76. The Bertz CT molecular complexity index is 1140. The minimum atomic E-state index is -0.245. The van der Waals surface area contributed by atoms with Crippen molar-refractivity contribution < 1.29 is 9.18 Å². The van der Waals surface area contributed by atoms with Gasteiger partial charge in [-0.3, -0.25) is 4.79 Å². The number of hydrogen-bond donors (Lipinski definition) is 2. The van der Waals surface area contributed by atoms with Crippen molar-refractivity contribution in [2.45, 2.75) is 6.54 Å². The maximum absolute atomic E-state index is 13.4. The molecule has 0 aliphatic rings. The molecule has 3 N–H and O–H groups in total. The standard InChI is InChI=1S/C20H16FN5O/c21-15-3-1-2-13(8-15)10-26-7-6-14-9-16(4-5-18(14)26)25-20-17(11-27)19(22)23-12-24-20/h1-9,11-12H,10H2,(H3,22,23,24,25). The van der Waals surface area contributed by atoms with Gasteiger partial charge >= 0.3 is 0 Å². The third-order valence-corrected chi connectivity index (χ3v) is 4.31. The van der Waals surface area contributed by atoms with Gasteiger partial charge < -0.3 is 15.6 Å². The van der Waals surface area contributed by atoms with Crippen molar-refractivity contribution in [1.29, 1.82) is 0 Å². The van der Waals surface area contributed by atoms with E-state index in [2.05, 4.69) is 15.3 Å². The average molecular weight is 361 g/mol. The number of carbonyl (C=O) groups excluding carboxylic acids is 1. The van der Waals surface area contributed by atoms with E-state index in [-0.39, 0.29) is 17.2 Å². The zero-order valence-electron chi connectivity index (χ0n) is 14.3. The van der Waals surface area contributed by atoms with Gasteiger partial charge in [-0.25, -0.2) is 14.4 Å². The number of rotatable bonds is 5. The molecule has 0 spiro atoms. The molecule has 2 heterocycles. The summed E-state index contributed by atoms with van der Waals surface area (Å²) < 4.78 is 15.4. The van der Waals surface area contributed by atoms with E-state index >= 15 is 0 Å². The molecule has 0 bridgehead atoms. The van der Waals surface area contributed by atoms with E-state index in [1.54, 1.807) is 6.07 Å². The number of anilines is 3. The Morgan fingerprint density at radius 1 is 1.15 bits per heavy atom. The predicted molar refractivity (Wildman–Crippen MR) is 103 cm³/mol. The Morgan fingerprint density at radius 3 is 2.85 bits per heavy atom. The van der Waals surface area contributed by atoms with E-state index in [1.165, 1.54) is 18.5 Å². The van der Waals surface area contributed by atoms with Crippen LogP contribution in [0.25, 0.3) is 10.9 Å². The van der Waals surface area contributed by atoms with Crippen molar-refractivity contribution >= 4 is 34.5 Å². The van der Waals surface area contributed by atoms with Crippen LogP contribution in [-0.4, -0.2) is 20.8 Å². The summed E-state index contributed by atoms with van der Waals surface area (Å²) in [5.41, 5.74) is 8.61. The monoisotopic (exact) mass is 361 g/mol. The summed E-state index contributed by atoms with van der Waals surface area (Å²) >= 11 is 0. The highest BCUT2D eigenvalue weighted by molar-refractivity contribution is 5.91. The van der Waals surface area contributed by atoms with E-state index in [0.29, 0.717) is 18.6 Å². The van der Waals surface area contributed by atoms with Crippen LogP contribution >= 0.6 is 0 Å². The molecule has 0 atom stereocenters. The molecule has 4 aromatic rings. The topological polar surface area (TPSA) is 85.8 Å². The number of nitrogen functional groups attached to an aromatic ring is 1. The summed E-state index contributed by atoms with van der Waals surface area (Å²) in [5.74, 6) is 0.242. The van der Waals surface area contributed by atoms with Crippen LogP contribution in [0.15, 0.2) is 61.1 Å². The molecule has 0 aliphatic carbocycles. The number of fused-ring (bicyclic) bond motifs is 1. The molecule has 2 aromatic heterocycles. The Kier molecular flexibility index (Phi) is 4.25. The highest BCUT2D eigenvalue weighted by Gasteiger charge is 2.09. The van der Waals surface area contributed by atoms with Crippen LogP contribution in [-0.2, 0) is 6.54 Å². The van der Waals surface area contributed by atoms with Crippen LogP contribution in [0.2, 0.25) is 0 Å². The molecular formula is C20H16FN5O. The molecule has 0 fully saturated rings. The summed E-state index contributed by atoms with van der Waals surface area (Å²) in [5, 5.41) is 4.11. The Labute approximate surface area is 154 Å². The molecular weight excluding hydrogens is 345 g/mol. The van der Waals surface area contributed by atoms with Gasteiger partial charge in [0.1, 0.15) is 23.8 Å². The van der Waals surface area contributed by atoms with Gasteiger partial charge in [-0.05, 0) is 42.0 Å². The van der Waals surface area contributed by atoms with Crippen molar-refractivity contribution in [2.75, 3.05) is 11.1 Å². The average Bonchev–Trinajstić information content (AvgIpc) is 3.04. The highest BCUT2D eigenvalue weighted by Crippen LogP contribution is 2.25. The van der Waals surface area contributed by atoms with Gasteiger partial charge in [-0.2, -0.15) is 0 Å². The third-order valence-electron chi connectivity index (χ3n) is 4.31. The molecule has 4 rings (SSSR count). The fourth-order valence-corrected chi connectivity index (χ4v) is 3.01. The molecule has 7 heteroatoms. The quantitative estimate of drug-likeness (QED) is 0.529. The van der Waals surface area contributed by atoms with Crippen molar-refractivity contribution in [3.63, 3.8) is 0 Å². The van der Waals surface area contributed by atoms with Gasteiger partial charge in [-0.15, -0.1) is 0 Å². The normalized spacial score (nSPS) is 10.9. The molecule has 0 unspecified atom stereocenters. The number of halogens is 1. The van der Waals surface area contributed by atoms with E-state index in [0.717, 1.165) is 22.2 Å². The van der Waals surface area contributed by atoms with E-state index in [1.807, 2.05) is 41.1 Å². The first-order valence-corrected chi connectivity index (χ1v) is 8.30. The van der Waals surface area contributed by atoms with Gasteiger partial charge in [-0.1, -0.05) is 12.1 Å². The van der Waals surface area contributed by atoms with Crippen molar-refractivity contribution in [3.05, 3.63) is 78.0 Å². The number of nitrogens with one attached hydrogen (secondary N) is 1. The molecule has 6 nitrogen and oxygen atoms in total. The lowest BCUT2D eigenvalue weighted by Gasteiger charge is -2.10. The van der Waals surface area contributed by atoms with E-state index in [4.69, 9.17) is 5.73 Å². The van der Waals surface area contributed by atoms with Crippen molar-refractivity contribution in [3.8, 4) is 0 Å². The van der Waals surface area contributed by atoms with E-state index in [9.17, 15) is 9.18 Å². The minimum Gasteiger partial charge on any atom is -0.383 e. The lowest BCUT2D eigenvalue weighted by molar-refractivity contribution is 0.112. The largest absolute Gasteiger partial charge is 0.383 e. The molecule has 0 radical (unpaired) electrons. The number of nitrogens with two attached hydrogens (primary N) is 1. The van der Waals surface area contributed by atoms with Gasteiger partial charge in [0.2, 0.25) is 0 Å². The van der Waals surface area contributed by atoms with Crippen LogP contribution in [0, 0.1) is 5.82 Å². The number of aromatic nitrogens is 3. The molecule has 2 aromatic carbocycles. The fourth-order valence-electron chi connectivity index (χ4n) is 3.01. The van der Waals surface area contributed by atoms with Crippen LogP contribution in [0.5, 0.6) is 0 Å². The zero-order chi connectivity index (χ0) is 18.8. The molecule has 0 saturated heterocycles. The first-order chi connectivity index (χ1) is 13.1. The van der Waals surface area contributed by atoms with Crippen molar-refractivity contribution in [2.24, 2.45) is 0 Å². The van der Waals surface area contributed by atoms with Crippen LogP contribution in [0.4, 0.5) is 21.7 Å². The number of carbonyl (C=O) groups is 1. The second-order valence-corrected chi connectivity index (χ2v) is 6.11. The summed E-state index contributed by atoms with van der Waals surface area (Å²) in [4.78, 5) is 19.1. The summed E-state index contributed by atoms with van der Waals surface area (Å²) in [6, 6.07) is 14.3. The Hall–Kier alpha value is -3.74. The number of aldehydes is 1. The van der Waals surface area contributed by atoms with Gasteiger partial charge in [0, 0.05) is 29.3 Å². The molecule has 27 heavy (non-hydrogen) atoms. The molecule has 134 valence electrons. The second-order valence-electron chi connectivity index (χ2n) is 6.11. The number of nitrogens with zero attached hydrogens (tertiary/aromatic N) is 3. The number of hydrogen-bond acceptors (Lipinski definition) is 5.